The highest BCUT2D eigenvalue weighted by molar-refractivity contribution is 9.10. The minimum Gasteiger partial charge on any atom is -0.390 e. The number of hydrogen-bond acceptors (Lipinski definition) is 1. The number of rotatable bonds is 2. The molecule has 0 aromatic heterocycles. The van der Waals surface area contributed by atoms with Crippen molar-refractivity contribution in [1.29, 1.82) is 0 Å². The first kappa shape index (κ1) is 9.16. The Balaban J connectivity index is 2.23. The summed E-state index contributed by atoms with van der Waals surface area (Å²) in [6.07, 6.45) is 2.01. The smallest absolute Gasteiger partial charge is 0.126 e. The molecular formula is C10H10BrFO. The van der Waals surface area contributed by atoms with Gasteiger partial charge in [0.1, 0.15) is 5.82 Å². The zero-order chi connectivity index (χ0) is 9.47. The Morgan fingerprint density at radius 1 is 1.46 bits per heavy atom. The molecule has 0 amide bonds. The van der Waals surface area contributed by atoms with E-state index >= 15 is 0 Å². The normalized spacial score (nSPS) is 18.7. The predicted molar refractivity (Wildman–Crippen MR) is 52.0 cm³/mol. The molecule has 0 aliphatic heterocycles. The molecule has 1 saturated carbocycles. The maximum absolute atomic E-state index is 13.2. The molecule has 70 valence electrons. The third-order valence-corrected chi connectivity index (χ3v) is 2.85. The quantitative estimate of drug-likeness (QED) is 0.849. The molecule has 13 heavy (non-hydrogen) atoms. The lowest BCUT2D eigenvalue weighted by Crippen LogP contribution is -2.11. The van der Waals surface area contributed by atoms with Gasteiger partial charge in [-0.3, -0.25) is 0 Å². The standard InChI is InChI=1S/C10H10BrFO/c11-8-1-2-9(12)7(5-8)6-10(13)3-4-10/h1-2,5,13H,3-4,6H2. The zero-order valence-electron chi connectivity index (χ0n) is 7.06. The molecule has 0 spiro atoms. The Bertz CT molecular complexity index is 334. The summed E-state index contributed by atoms with van der Waals surface area (Å²) < 4.78 is 14.1. The average Bonchev–Trinajstić information content (AvgIpc) is 2.76. The average molecular weight is 245 g/mol. The van der Waals surface area contributed by atoms with Gasteiger partial charge in [-0.15, -0.1) is 0 Å². The summed E-state index contributed by atoms with van der Waals surface area (Å²) in [6, 6.07) is 4.81. The Morgan fingerprint density at radius 3 is 2.77 bits per heavy atom. The van der Waals surface area contributed by atoms with Crippen LogP contribution in [0.1, 0.15) is 18.4 Å². The molecule has 1 nitrogen and oxygen atoms in total. The van der Waals surface area contributed by atoms with Crippen LogP contribution in [0.5, 0.6) is 0 Å². The summed E-state index contributed by atoms with van der Waals surface area (Å²) in [6.45, 7) is 0. The fourth-order valence-electron chi connectivity index (χ4n) is 1.35. The molecule has 3 heteroatoms. The van der Waals surface area contributed by atoms with Crippen LogP contribution in [-0.4, -0.2) is 10.7 Å². The molecule has 0 saturated heterocycles. The molecule has 0 atom stereocenters. The fourth-order valence-corrected chi connectivity index (χ4v) is 1.76. The second kappa shape index (κ2) is 3.07. The first-order valence-electron chi connectivity index (χ1n) is 4.25. The van der Waals surface area contributed by atoms with E-state index in [0.717, 1.165) is 17.3 Å². The molecule has 0 heterocycles. The van der Waals surface area contributed by atoms with Gasteiger partial charge in [0.05, 0.1) is 5.60 Å². The van der Waals surface area contributed by atoms with Gasteiger partial charge in [0.2, 0.25) is 0 Å². The van der Waals surface area contributed by atoms with Gasteiger partial charge in [-0.25, -0.2) is 4.39 Å². The summed E-state index contributed by atoms with van der Waals surface area (Å²) in [5.41, 5.74) is -0.0314. The van der Waals surface area contributed by atoms with Crippen molar-refractivity contribution < 1.29 is 9.50 Å². The molecule has 1 fully saturated rings. The zero-order valence-corrected chi connectivity index (χ0v) is 8.64. The van der Waals surface area contributed by atoms with E-state index in [4.69, 9.17) is 0 Å². The Morgan fingerprint density at radius 2 is 2.15 bits per heavy atom. The van der Waals surface area contributed by atoms with Crippen LogP contribution < -0.4 is 0 Å². The van der Waals surface area contributed by atoms with Crippen LogP contribution in [0.25, 0.3) is 0 Å². The molecule has 1 N–H and O–H groups in total. The molecule has 0 unspecified atom stereocenters. The maximum atomic E-state index is 13.2. The topological polar surface area (TPSA) is 20.2 Å². The monoisotopic (exact) mass is 244 g/mol. The van der Waals surface area contributed by atoms with Gasteiger partial charge in [-0.1, -0.05) is 15.9 Å². The largest absolute Gasteiger partial charge is 0.390 e. The SMILES string of the molecule is OC1(Cc2cc(Br)ccc2F)CC1. The summed E-state index contributed by atoms with van der Waals surface area (Å²) in [5, 5.41) is 9.62. The third kappa shape index (κ3) is 2.09. The van der Waals surface area contributed by atoms with E-state index in [2.05, 4.69) is 15.9 Å². The van der Waals surface area contributed by atoms with E-state index in [1.165, 1.54) is 6.07 Å². The predicted octanol–water partition coefficient (Wildman–Crippen LogP) is 2.66. The molecule has 1 aromatic rings. The first-order chi connectivity index (χ1) is 6.09. The second-order valence-electron chi connectivity index (χ2n) is 3.64. The number of halogens is 2. The summed E-state index contributed by atoms with van der Waals surface area (Å²) in [5.74, 6) is -0.233. The van der Waals surface area contributed by atoms with Gasteiger partial charge < -0.3 is 5.11 Å². The van der Waals surface area contributed by atoms with Crippen LogP contribution in [-0.2, 0) is 6.42 Å². The minimum absolute atomic E-state index is 0.233. The van der Waals surface area contributed by atoms with E-state index in [9.17, 15) is 9.50 Å². The van der Waals surface area contributed by atoms with Crippen molar-refractivity contribution in [2.45, 2.75) is 24.9 Å². The minimum atomic E-state index is -0.623. The van der Waals surface area contributed by atoms with Crippen molar-refractivity contribution in [3.05, 3.63) is 34.1 Å². The van der Waals surface area contributed by atoms with Gasteiger partial charge >= 0.3 is 0 Å². The van der Waals surface area contributed by atoms with Crippen molar-refractivity contribution in [3.63, 3.8) is 0 Å². The highest BCUT2D eigenvalue weighted by atomic mass is 79.9. The Labute approximate surface area is 84.7 Å². The third-order valence-electron chi connectivity index (χ3n) is 2.35. The van der Waals surface area contributed by atoms with Crippen molar-refractivity contribution in [1.82, 2.24) is 0 Å². The maximum Gasteiger partial charge on any atom is 0.126 e. The van der Waals surface area contributed by atoms with Crippen molar-refractivity contribution >= 4 is 15.9 Å². The summed E-state index contributed by atoms with van der Waals surface area (Å²) in [7, 11) is 0. The van der Waals surface area contributed by atoms with E-state index in [0.29, 0.717) is 12.0 Å². The van der Waals surface area contributed by atoms with Crippen LogP contribution in [0.2, 0.25) is 0 Å². The molecular weight excluding hydrogens is 235 g/mol. The molecule has 1 aromatic carbocycles. The Hall–Kier alpha value is -0.410. The van der Waals surface area contributed by atoms with Crippen molar-refractivity contribution in [3.8, 4) is 0 Å². The van der Waals surface area contributed by atoms with Crippen LogP contribution in [0, 0.1) is 5.82 Å². The number of hydrogen-bond donors (Lipinski definition) is 1. The lowest BCUT2D eigenvalue weighted by molar-refractivity contribution is 0.149. The van der Waals surface area contributed by atoms with Gasteiger partial charge in [0, 0.05) is 10.9 Å². The van der Waals surface area contributed by atoms with Gasteiger partial charge in [-0.05, 0) is 36.6 Å². The molecule has 2 rings (SSSR count). The van der Waals surface area contributed by atoms with Gasteiger partial charge in [0.15, 0.2) is 0 Å². The number of aliphatic hydroxyl groups is 1. The highest BCUT2D eigenvalue weighted by Gasteiger charge is 2.40. The second-order valence-corrected chi connectivity index (χ2v) is 4.55. The molecule has 1 aliphatic rings. The van der Waals surface area contributed by atoms with Crippen molar-refractivity contribution in [2.24, 2.45) is 0 Å². The van der Waals surface area contributed by atoms with Crippen LogP contribution in [0.15, 0.2) is 22.7 Å². The van der Waals surface area contributed by atoms with E-state index in [1.807, 2.05) is 0 Å². The van der Waals surface area contributed by atoms with Crippen LogP contribution in [0.4, 0.5) is 4.39 Å². The lowest BCUT2D eigenvalue weighted by Gasteiger charge is -2.08. The Kier molecular flexibility index (Phi) is 2.16. The van der Waals surface area contributed by atoms with E-state index in [-0.39, 0.29) is 5.82 Å². The van der Waals surface area contributed by atoms with E-state index < -0.39 is 5.60 Å². The van der Waals surface area contributed by atoms with E-state index in [1.54, 1.807) is 12.1 Å². The van der Waals surface area contributed by atoms with Gasteiger partial charge in [0.25, 0.3) is 0 Å². The first-order valence-corrected chi connectivity index (χ1v) is 5.05. The lowest BCUT2D eigenvalue weighted by atomic mass is 10.1. The summed E-state index contributed by atoms with van der Waals surface area (Å²) in [4.78, 5) is 0. The van der Waals surface area contributed by atoms with Gasteiger partial charge in [-0.2, -0.15) is 0 Å². The number of benzene rings is 1. The molecule has 1 aliphatic carbocycles. The summed E-state index contributed by atoms with van der Waals surface area (Å²) >= 11 is 3.28. The fraction of sp³-hybridized carbons (Fsp3) is 0.400. The highest BCUT2D eigenvalue weighted by Crippen LogP contribution is 2.38. The van der Waals surface area contributed by atoms with Crippen LogP contribution in [0.3, 0.4) is 0 Å². The molecule has 0 bridgehead atoms. The van der Waals surface area contributed by atoms with Crippen molar-refractivity contribution in [2.75, 3.05) is 0 Å². The molecule has 0 radical (unpaired) electrons. The van der Waals surface area contributed by atoms with Crippen LogP contribution >= 0.6 is 15.9 Å².